The van der Waals surface area contributed by atoms with Gasteiger partial charge < -0.3 is 9.47 Å². The summed E-state index contributed by atoms with van der Waals surface area (Å²) in [7, 11) is 0. The molecule has 1 aliphatic heterocycles. The van der Waals surface area contributed by atoms with Crippen molar-refractivity contribution in [2.75, 3.05) is 0 Å². The Kier molecular flexibility index (Phi) is 6.67. The molecule has 0 unspecified atom stereocenters. The van der Waals surface area contributed by atoms with Crippen molar-refractivity contribution in [2.24, 2.45) is 4.99 Å². The van der Waals surface area contributed by atoms with Crippen LogP contribution in [0.3, 0.4) is 0 Å². The fraction of sp³-hybridized carbons (Fsp3) is 0. The molecule has 3 aromatic carbocycles. The summed E-state index contributed by atoms with van der Waals surface area (Å²) in [5.74, 6) is -0.944. The number of carbonyl (C=O) groups excluding carboxylic acids is 2. The van der Waals surface area contributed by atoms with Crippen LogP contribution < -0.4 is 4.74 Å². The lowest BCUT2D eigenvalue weighted by atomic mass is 10.1. The fourth-order valence-electron chi connectivity index (χ4n) is 2.81. The third-order valence-electron chi connectivity index (χ3n) is 4.33. The van der Waals surface area contributed by atoms with Gasteiger partial charge in [0.1, 0.15) is 5.75 Å². The molecule has 0 atom stereocenters. The second-order valence-electron chi connectivity index (χ2n) is 6.54. The molecular formula is C23H11BrCl3NO4. The number of hydrogen-bond donors (Lipinski definition) is 0. The number of carbonyl (C=O) groups is 2. The number of cyclic esters (lactones) is 1. The van der Waals surface area contributed by atoms with Gasteiger partial charge in [-0.1, -0.05) is 50.7 Å². The van der Waals surface area contributed by atoms with E-state index in [2.05, 4.69) is 20.9 Å². The minimum absolute atomic E-state index is 0.0508. The third kappa shape index (κ3) is 5.05. The maximum Gasteiger partial charge on any atom is 0.363 e. The largest absolute Gasteiger partial charge is 0.422 e. The van der Waals surface area contributed by atoms with E-state index in [-0.39, 0.29) is 27.9 Å². The molecule has 9 heteroatoms. The standard InChI is InChI=1S/C23H11BrCl3NO4/c24-14-3-8-20(31-22(29)17-7-6-16(26)11-18(17)27)13(9-14)10-19-23(30)32-21(28-19)12-1-4-15(25)5-2-12/h1-11H/b19-10+. The summed E-state index contributed by atoms with van der Waals surface area (Å²) < 4.78 is 11.5. The normalized spacial score (nSPS) is 14.3. The highest BCUT2D eigenvalue weighted by molar-refractivity contribution is 9.10. The number of nitrogens with zero attached hydrogens (tertiary/aromatic N) is 1. The van der Waals surface area contributed by atoms with E-state index >= 15 is 0 Å². The summed E-state index contributed by atoms with van der Waals surface area (Å²) in [5.41, 5.74) is 1.24. The molecule has 0 saturated carbocycles. The van der Waals surface area contributed by atoms with Crippen LogP contribution in [-0.4, -0.2) is 17.8 Å². The molecule has 0 bridgehead atoms. The summed E-state index contributed by atoms with van der Waals surface area (Å²) in [6.07, 6.45) is 1.47. The lowest BCUT2D eigenvalue weighted by Crippen LogP contribution is -2.10. The van der Waals surface area contributed by atoms with Gasteiger partial charge in [-0.25, -0.2) is 14.6 Å². The van der Waals surface area contributed by atoms with Gasteiger partial charge in [0.2, 0.25) is 5.90 Å². The zero-order chi connectivity index (χ0) is 22.8. The van der Waals surface area contributed by atoms with Crippen LogP contribution in [0.5, 0.6) is 5.75 Å². The molecule has 5 nitrogen and oxygen atoms in total. The Morgan fingerprint density at radius 3 is 2.41 bits per heavy atom. The molecule has 3 aromatic rings. The molecule has 0 spiro atoms. The second-order valence-corrected chi connectivity index (χ2v) is 8.73. The minimum atomic E-state index is -0.673. The van der Waals surface area contributed by atoms with Gasteiger partial charge in [0.25, 0.3) is 0 Å². The Morgan fingerprint density at radius 2 is 1.69 bits per heavy atom. The van der Waals surface area contributed by atoms with E-state index < -0.39 is 11.9 Å². The predicted molar refractivity (Wildman–Crippen MR) is 128 cm³/mol. The number of ether oxygens (including phenoxy) is 2. The van der Waals surface area contributed by atoms with E-state index in [1.165, 1.54) is 24.3 Å². The van der Waals surface area contributed by atoms with Crippen LogP contribution in [0.1, 0.15) is 21.5 Å². The average molecular weight is 552 g/mol. The number of benzene rings is 3. The number of hydrogen-bond acceptors (Lipinski definition) is 5. The van der Waals surface area contributed by atoms with Crippen LogP contribution in [-0.2, 0) is 9.53 Å². The van der Waals surface area contributed by atoms with E-state index in [4.69, 9.17) is 44.3 Å². The zero-order valence-corrected chi connectivity index (χ0v) is 19.8. The van der Waals surface area contributed by atoms with Crippen LogP contribution in [0.25, 0.3) is 6.08 Å². The first-order chi connectivity index (χ1) is 15.3. The van der Waals surface area contributed by atoms with E-state index in [9.17, 15) is 9.59 Å². The monoisotopic (exact) mass is 549 g/mol. The first-order valence-corrected chi connectivity index (χ1v) is 11.0. The molecule has 160 valence electrons. The van der Waals surface area contributed by atoms with E-state index in [0.717, 1.165) is 0 Å². The van der Waals surface area contributed by atoms with Crippen molar-refractivity contribution < 1.29 is 19.1 Å². The van der Waals surface area contributed by atoms with E-state index in [1.807, 2.05) is 0 Å². The molecule has 0 amide bonds. The Bertz CT molecular complexity index is 1300. The lowest BCUT2D eigenvalue weighted by molar-refractivity contribution is -0.129. The minimum Gasteiger partial charge on any atom is -0.422 e. The topological polar surface area (TPSA) is 65.0 Å². The maximum absolute atomic E-state index is 12.6. The lowest BCUT2D eigenvalue weighted by Gasteiger charge is -2.09. The summed E-state index contributed by atoms with van der Waals surface area (Å²) in [5, 5.41) is 1.11. The smallest absolute Gasteiger partial charge is 0.363 e. The van der Waals surface area contributed by atoms with Crippen molar-refractivity contribution in [3.05, 3.63) is 103 Å². The van der Waals surface area contributed by atoms with Gasteiger partial charge in [-0.2, -0.15) is 0 Å². The zero-order valence-electron chi connectivity index (χ0n) is 15.9. The Labute approximate surface area is 206 Å². The van der Waals surface area contributed by atoms with Gasteiger partial charge in [-0.05, 0) is 66.7 Å². The molecule has 0 fully saturated rings. The summed E-state index contributed by atoms with van der Waals surface area (Å²) in [6, 6.07) is 16.2. The quantitative estimate of drug-likeness (QED) is 0.200. The van der Waals surface area contributed by atoms with Crippen LogP contribution in [0, 0.1) is 0 Å². The van der Waals surface area contributed by atoms with Crippen LogP contribution in [0.15, 0.2) is 75.8 Å². The summed E-state index contributed by atoms with van der Waals surface area (Å²) >= 11 is 21.3. The first-order valence-electron chi connectivity index (χ1n) is 9.05. The molecule has 0 N–H and O–H groups in total. The van der Waals surface area contributed by atoms with Crippen LogP contribution >= 0.6 is 50.7 Å². The maximum atomic E-state index is 12.6. The fourth-order valence-corrected chi connectivity index (χ4v) is 3.80. The van der Waals surface area contributed by atoms with Crippen molar-refractivity contribution in [3.8, 4) is 5.75 Å². The van der Waals surface area contributed by atoms with E-state index in [0.29, 0.717) is 25.6 Å². The molecule has 0 radical (unpaired) electrons. The van der Waals surface area contributed by atoms with Crippen LogP contribution in [0.4, 0.5) is 0 Å². The van der Waals surface area contributed by atoms with Gasteiger partial charge in [0.05, 0.1) is 10.6 Å². The van der Waals surface area contributed by atoms with Crippen molar-refractivity contribution in [1.29, 1.82) is 0 Å². The van der Waals surface area contributed by atoms with E-state index in [1.54, 1.807) is 42.5 Å². The molecule has 0 saturated heterocycles. The Hall–Kier alpha value is -2.64. The molecule has 0 aromatic heterocycles. The summed E-state index contributed by atoms with van der Waals surface area (Å²) in [4.78, 5) is 29.3. The van der Waals surface area contributed by atoms with Crippen molar-refractivity contribution in [2.45, 2.75) is 0 Å². The SMILES string of the molecule is O=C1OC(c2ccc(Cl)cc2)=N/C1=C/c1cc(Br)ccc1OC(=O)c1ccc(Cl)cc1Cl. The van der Waals surface area contributed by atoms with Gasteiger partial charge in [0.15, 0.2) is 5.70 Å². The first kappa shape index (κ1) is 22.6. The number of rotatable bonds is 4. The van der Waals surface area contributed by atoms with Crippen LogP contribution in [0.2, 0.25) is 15.1 Å². The van der Waals surface area contributed by atoms with Gasteiger partial charge in [0, 0.05) is 25.6 Å². The Balaban J connectivity index is 1.66. The van der Waals surface area contributed by atoms with Crippen molar-refractivity contribution >= 4 is 74.6 Å². The second kappa shape index (κ2) is 9.46. The predicted octanol–water partition coefficient (Wildman–Crippen LogP) is 6.97. The molecule has 1 heterocycles. The molecule has 0 aliphatic carbocycles. The average Bonchev–Trinajstić information content (AvgIpc) is 3.10. The molecule has 32 heavy (non-hydrogen) atoms. The van der Waals surface area contributed by atoms with Gasteiger partial charge in [-0.15, -0.1) is 0 Å². The molecular weight excluding hydrogens is 541 g/mol. The molecule has 4 rings (SSSR count). The highest BCUT2D eigenvalue weighted by atomic mass is 79.9. The van der Waals surface area contributed by atoms with Crippen molar-refractivity contribution in [1.82, 2.24) is 0 Å². The molecule has 1 aliphatic rings. The highest BCUT2D eigenvalue weighted by Gasteiger charge is 2.25. The third-order valence-corrected chi connectivity index (χ3v) is 5.62. The Morgan fingerprint density at radius 1 is 0.969 bits per heavy atom. The van der Waals surface area contributed by atoms with Gasteiger partial charge in [-0.3, -0.25) is 0 Å². The summed E-state index contributed by atoms with van der Waals surface area (Å²) in [6.45, 7) is 0. The van der Waals surface area contributed by atoms with Gasteiger partial charge >= 0.3 is 11.9 Å². The number of aliphatic imine (C=N–C) groups is 1. The number of halogens is 4. The highest BCUT2D eigenvalue weighted by Crippen LogP contribution is 2.30. The van der Waals surface area contributed by atoms with Crippen molar-refractivity contribution in [3.63, 3.8) is 0 Å². The number of esters is 2.